The van der Waals surface area contributed by atoms with Crippen LogP contribution < -0.4 is 5.32 Å². The first-order valence-electron chi connectivity index (χ1n) is 7.96. The van der Waals surface area contributed by atoms with Crippen LogP contribution in [0.4, 0.5) is 0 Å². The van der Waals surface area contributed by atoms with E-state index in [1.807, 2.05) is 44.2 Å². The van der Waals surface area contributed by atoms with E-state index < -0.39 is 0 Å². The van der Waals surface area contributed by atoms with Crippen molar-refractivity contribution in [3.8, 4) is 11.3 Å². The number of hydrogen-bond acceptors (Lipinski definition) is 4. The van der Waals surface area contributed by atoms with Gasteiger partial charge in [-0.25, -0.2) is 4.98 Å². The van der Waals surface area contributed by atoms with Crippen molar-refractivity contribution in [2.24, 2.45) is 0 Å². The molecule has 2 heterocycles. The minimum atomic E-state index is -0.153. The Kier molecular flexibility index (Phi) is 4.79. The lowest BCUT2D eigenvalue weighted by molar-refractivity contribution is -0.121. The Morgan fingerprint density at radius 2 is 2.04 bits per heavy atom. The number of aromatic nitrogens is 1. The molecule has 0 aliphatic heterocycles. The van der Waals surface area contributed by atoms with Crippen LogP contribution in [0.2, 0.25) is 0 Å². The van der Waals surface area contributed by atoms with Gasteiger partial charge in [-0.1, -0.05) is 29.8 Å². The normalized spacial score (nSPS) is 12.1. The SMILES string of the molecule is Cc1ccc(-c2cnc(CCC(=O)N[C@H](C)c3ccco3)o2)cc1. The summed E-state index contributed by atoms with van der Waals surface area (Å²) in [5.74, 6) is 1.95. The lowest BCUT2D eigenvalue weighted by atomic mass is 10.1. The number of oxazole rings is 1. The zero-order valence-electron chi connectivity index (χ0n) is 13.8. The Morgan fingerprint density at radius 3 is 2.75 bits per heavy atom. The van der Waals surface area contributed by atoms with Gasteiger partial charge in [0.25, 0.3) is 0 Å². The number of carbonyl (C=O) groups is 1. The first-order valence-corrected chi connectivity index (χ1v) is 7.96. The maximum Gasteiger partial charge on any atom is 0.221 e. The molecule has 0 saturated carbocycles. The fourth-order valence-corrected chi connectivity index (χ4v) is 2.42. The summed E-state index contributed by atoms with van der Waals surface area (Å²) in [5, 5.41) is 2.90. The molecule has 5 nitrogen and oxygen atoms in total. The Morgan fingerprint density at radius 1 is 1.25 bits per heavy atom. The number of amides is 1. The quantitative estimate of drug-likeness (QED) is 0.742. The van der Waals surface area contributed by atoms with Crippen LogP contribution in [0.1, 0.15) is 36.6 Å². The lowest BCUT2D eigenvalue weighted by Gasteiger charge is -2.10. The molecule has 3 aromatic rings. The van der Waals surface area contributed by atoms with Gasteiger partial charge in [0.1, 0.15) is 5.76 Å². The average molecular weight is 324 g/mol. The summed E-state index contributed by atoms with van der Waals surface area (Å²) >= 11 is 0. The average Bonchev–Trinajstić information content (AvgIpc) is 3.25. The Hall–Kier alpha value is -2.82. The van der Waals surface area contributed by atoms with Gasteiger partial charge in [-0.3, -0.25) is 4.79 Å². The van der Waals surface area contributed by atoms with E-state index in [9.17, 15) is 4.79 Å². The molecule has 1 N–H and O–H groups in total. The molecule has 3 rings (SSSR count). The van der Waals surface area contributed by atoms with Crippen molar-refractivity contribution in [2.45, 2.75) is 32.7 Å². The van der Waals surface area contributed by atoms with E-state index in [1.54, 1.807) is 18.5 Å². The third-order valence-electron chi connectivity index (χ3n) is 3.80. The number of nitrogens with zero attached hydrogens (tertiary/aromatic N) is 1. The fourth-order valence-electron chi connectivity index (χ4n) is 2.42. The summed E-state index contributed by atoms with van der Waals surface area (Å²) < 4.78 is 11.0. The standard InChI is InChI=1S/C19H20N2O3/c1-13-5-7-15(8-6-13)17-12-20-19(24-17)10-9-18(22)21-14(2)16-4-3-11-23-16/h3-8,11-12,14H,9-10H2,1-2H3,(H,21,22)/t14-/m1/s1. The summed E-state index contributed by atoms with van der Waals surface area (Å²) in [6, 6.07) is 11.5. The van der Waals surface area contributed by atoms with Crippen LogP contribution >= 0.6 is 0 Å². The molecule has 0 unspecified atom stereocenters. The Bertz CT molecular complexity index is 788. The summed E-state index contributed by atoms with van der Waals surface area (Å²) in [4.78, 5) is 16.3. The highest BCUT2D eigenvalue weighted by molar-refractivity contribution is 5.76. The molecule has 5 heteroatoms. The van der Waals surface area contributed by atoms with E-state index in [0.29, 0.717) is 18.7 Å². The molecule has 24 heavy (non-hydrogen) atoms. The lowest BCUT2D eigenvalue weighted by Crippen LogP contribution is -2.26. The second kappa shape index (κ2) is 7.17. The first kappa shape index (κ1) is 16.1. The van der Waals surface area contributed by atoms with Crippen LogP contribution in [0.3, 0.4) is 0 Å². The third-order valence-corrected chi connectivity index (χ3v) is 3.80. The van der Waals surface area contributed by atoms with Gasteiger partial charge in [-0.2, -0.15) is 0 Å². The molecular weight excluding hydrogens is 304 g/mol. The Labute approximate surface area is 140 Å². The molecule has 0 saturated heterocycles. The van der Waals surface area contributed by atoms with Gasteiger partial charge in [0.05, 0.1) is 18.5 Å². The van der Waals surface area contributed by atoms with Crippen molar-refractivity contribution in [3.05, 3.63) is 66.1 Å². The predicted octanol–water partition coefficient (Wildman–Crippen LogP) is 4.05. The van der Waals surface area contributed by atoms with E-state index in [2.05, 4.69) is 10.3 Å². The first-order chi connectivity index (χ1) is 11.6. The Balaban J connectivity index is 1.53. The minimum absolute atomic E-state index is 0.0611. The number of aryl methyl sites for hydroxylation is 2. The van der Waals surface area contributed by atoms with Crippen LogP contribution in [0.25, 0.3) is 11.3 Å². The maximum absolute atomic E-state index is 12.0. The van der Waals surface area contributed by atoms with Gasteiger partial charge in [0.2, 0.25) is 5.91 Å². The van der Waals surface area contributed by atoms with E-state index >= 15 is 0 Å². The highest BCUT2D eigenvalue weighted by Crippen LogP contribution is 2.21. The van der Waals surface area contributed by atoms with Crippen molar-refractivity contribution in [3.63, 3.8) is 0 Å². The molecule has 1 amide bonds. The van der Waals surface area contributed by atoms with Crippen LogP contribution in [-0.2, 0) is 11.2 Å². The van der Waals surface area contributed by atoms with Crippen LogP contribution in [0.15, 0.2) is 57.7 Å². The van der Waals surface area contributed by atoms with Crippen molar-refractivity contribution >= 4 is 5.91 Å². The fraction of sp³-hybridized carbons (Fsp3) is 0.263. The number of nitrogens with one attached hydrogen (secondary N) is 1. The van der Waals surface area contributed by atoms with Crippen LogP contribution in [0, 0.1) is 6.92 Å². The molecule has 2 aromatic heterocycles. The van der Waals surface area contributed by atoms with Crippen LogP contribution in [-0.4, -0.2) is 10.9 Å². The monoisotopic (exact) mass is 324 g/mol. The number of hydrogen-bond donors (Lipinski definition) is 1. The van der Waals surface area contributed by atoms with E-state index in [-0.39, 0.29) is 11.9 Å². The number of benzene rings is 1. The molecular formula is C19H20N2O3. The van der Waals surface area contributed by atoms with Crippen molar-refractivity contribution in [1.82, 2.24) is 10.3 Å². The van der Waals surface area contributed by atoms with Gasteiger partial charge in [0, 0.05) is 18.4 Å². The molecule has 0 radical (unpaired) electrons. The number of furan rings is 1. The molecule has 0 aliphatic carbocycles. The maximum atomic E-state index is 12.0. The number of rotatable bonds is 6. The van der Waals surface area contributed by atoms with Gasteiger partial charge in [-0.05, 0) is 26.0 Å². The van der Waals surface area contributed by atoms with Gasteiger partial charge < -0.3 is 14.2 Å². The molecule has 0 fully saturated rings. The van der Waals surface area contributed by atoms with E-state index in [1.165, 1.54) is 5.56 Å². The van der Waals surface area contributed by atoms with Crippen LogP contribution in [0.5, 0.6) is 0 Å². The highest BCUT2D eigenvalue weighted by Gasteiger charge is 2.13. The zero-order chi connectivity index (χ0) is 16.9. The second-order valence-electron chi connectivity index (χ2n) is 5.79. The van der Waals surface area contributed by atoms with Crippen molar-refractivity contribution < 1.29 is 13.6 Å². The highest BCUT2D eigenvalue weighted by atomic mass is 16.4. The molecule has 124 valence electrons. The minimum Gasteiger partial charge on any atom is -0.467 e. The van der Waals surface area contributed by atoms with Gasteiger partial charge in [0.15, 0.2) is 11.7 Å². The molecule has 0 spiro atoms. The smallest absolute Gasteiger partial charge is 0.221 e. The van der Waals surface area contributed by atoms with Gasteiger partial charge in [-0.15, -0.1) is 0 Å². The van der Waals surface area contributed by atoms with E-state index in [0.717, 1.165) is 17.1 Å². The summed E-state index contributed by atoms with van der Waals surface area (Å²) in [7, 11) is 0. The molecule has 0 aliphatic rings. The second-order valence-corrected chi connectivity index (χ2v) is 5.79. The largest absolute Gasteiger partial charge is 0.467 e. The van der Waals surface area contributed by atoms with Crippen molar-refractivity contribution in [1.29, 1.82) is 0 Å². The van der Waals surface area contributed by atoms with Gasteiger partial charge >= 0.3 is 0 Å². The predicted molar refractivity (Wildman–Crippen MR) is 90.3 cm³/mol. The van der Waals surface area contributed by atoms with Crippen molar-refractivity contribution in [2.75, 3.05) is 0 Å². The third kappa shape index (κ3) is 3.93. The zero-order valence-corrected chi connectivity index (χ0v) is 13.8. The summed E-state index contributed by atoms with van der Waals surface area (Å²) in [5.41, 5.74) is 2.18. The molecule has 0 bridgehead atoms. The summed E-state index contributed by atoms with van der Waals surface area (Å²) in [6.45, 7) is 3.93. The molecule has 1 aromatic carbocycles. The molecule has 1 atom stereocenters. The summed E-state index contributed by atoms with van der Waals surface area (Å²) in [6.07, 6.45) is 4.07. The van der Waals surface area contributed by atoms with E-state index in [4.69, 9.17) is 8.83 Å². The number of carbonyl (C=O) groups excluding carboxylic acids is 1. The topological polar surface area (TPSA) is 68.3 Å².